The van der Waals surface area contributed by atoms with E-state index in [2.05, 4.69) is 18.7 Å². The van der Waals surface area contributed by atoms with E-state index in [4.69, 9.17) is 0 Å². The predicted octanol–water partition coefficient (Wildman–Crippen LogP) is 3.44. The number of amides is 3. The van der Waals surface area contributed by atoms with Crippen LogP contribution in [0.1, 0.15) is 52.4 Å². The van der Waals surface area contributed by atoms with Gasteiger partial charge in [0.15, 0.2) is 0 Å². The molecule has 7 nitrogen and oxygen atoms in total. The average molecular weight is 496 g/mol. The van der Waals surface area contributed by atoms with Gasteiger partial charge < -0.3 is 0 Å². The van der Waals surface area contributed by atoms with E-state index in [0.717, 1.165) is 45.3 Å². The molecule has 9 heteroatoms. The van der Waals surface area contributed by atoms with E-state index >= 15 is 0 Å². The number of carbonyl (C=O) groups is 3. The first-order valence-electron chi connectivity index (χ1n) is 9.59. The van der Waals surface area contributed by atoms with Crippen LogP contribution in [-0.4, -0.2) is 73.9 Å². The molecule has 0 aliphatic carbocycles. The monoisotopic (exact) mass is 496 g/mol. The Labute approximate surface area is 171 Å². The second-order valence-corrected chi connectivity index (χ2v) is 9.63. The Kier molecular flexibility index (Phi) is 9.03. The van der Waals surface area contributed by atoms with Crippen molar-refractivity contribution in [2.75, 3.05) is 39.3 Å². The maximum Gasteiger partial charge on any atom is 0.289 e. The summed E-state index contributed by atoms with van der Waals surface area (Å²) in [5.74, 6) is 0.135. The summed E-state index contributed by atoms with van der Waals surface area (Å²) < 4.78 is 5.33. The van der Waals surface area contributed by atoms with Crippen LogP contribution >= 0.6 is 31.0 Å². The first-order chi connectivity index (χ1) is 12.5. The molecule has 3 heterocycles. The molecule has 3 aliphatic rings. The summed E-state index contributed by atoms with van der Waals surface area (Å²) in [5.41, 5.74) is 0. The Morgan fingerprint density at radius 2 is 1.19 bits per heavy atom. The van der Waals surface area contributed by atoms with Crippen molar-refractivity contribution in [1.82, 2.24) is 18.9 Å². The lowest BCUT2D eigenvalue weighted by Crippen LogP contribution is -2.54. The van der Waals surface area contributed by atoms with Gasteiger partial charge in [-0.25, -0.2) is 0 Å². The fraction of sp³-hybridized carbons (Fsp3) is 0.824. The molecule has 2 bridgehead atoms. The zero-order chi connectivity index (χ0) is 19.1. The molecule has 3 amide bonds. The van der Waals surface area contributed by atoms with E-state index in [9.17, 15) is 14.4 Å². The van der Waals surface area contributed by atoms with Crippen LogP contribution in [0.2, 0.25) is 0 Å². The molecular formula is C17H30IN4O3P. The summed E-state index contributed by atoms with van der Waals surface area (Å²) in [4.78, 5) is 40.5. The van der Waals surface area contributed by atoms with Crippen molar-refractivity contribution in [3.05, 3.63) is 0 Å². The molecule has 0 atom stereocenters. The molecule has 0 saturated carbocycles. The van der Waals surface area contributed by atoms with Crippen LogP contribution < -0.4 is 0 Å². The van der Waals surface area contributed by atoms with E-state index in [1.54, 1.807) is 27.3 Å². The number of unbranched alkanes of at least 4 members (excludes halogenated alkanes) is 2. The van der Waals surface area contributed by atoms with Crippen molar-refractivity contribution in [3.63, 3.8) is 0 Å². The lowest BCUT2D eigenvalue weighted by Gasteiger charge is -2.49. The topological polar surface area (TPSA) is 64.2 Å². The molecular weight excluding hydrogens is 466 g/mol. The summed E-state index contributed by atoms with van der Waals surface area (Å²) in [6.45, 7) is 8.32. The smallest absolute Gasteiger partial charge is 0.289 e. The molecule has 3 fully saturated rings. The van der Waals surface area contributed by atoms with Crippen LogP contribution in [0.4, 0.5) is 4.79 Å². The Morgan fingerprint density at radius 3 is 1.58 bits per heavy atom. The molecule has 0 spiro atoms. The Hall–Kier alpha value is -0.470. The number of rotatable bonds is 6. The number of hydrogen-bond donors (Lipinski definition) is 0. The van der Waals surface area contributed by atoms with E-state index in [1.165, 1.54) is 0 Å². The van der Waals surface area contributed by atoms with Crippen LogP contribution in [0.5, 0.6) is 0 Å². The largest absolute Gasteiger partial charge is 0.298 e. The second-order valence-electron chi connectivity index (χ2n) is 6.73. The van der Waals surface area contributed by atoms with Gasteiger partial charge in [-0.3, -0.25) is 33.3 Å². The number of fused-ring (bicyclic) bond motifs is 6. The Balaban J connectivity index is 2.34. The molecule has 0 radical (unpaired) electrons. The number of nitrogens with zero attached hydrogens (tertiary/aromatic N) is 4. The predicted molar refractivity (Wildman–Crippen MR) is 112 cm³/mol. The van der Waals surface area contributed by atoms with Crippen molar-refractivity contribution in [1.29, 1.82) is 0 Å². The molecule has 0 aromatic rings. The van der Waals surface area contributed by atoms with Crippen LogP contribution in [0, 0.1) is 0 Å². The van der Waals surface area contributed by atoms with Gasteiger partial charge >= 0.3 is 0 Å². The fourth-order valence-corrected chi connectivity index (χ4v) is 6.37. The normalized spacial score (nSPS) is 23.4. The average Bonchev–Trinajstić information content (AvgIpc) is 2.56. The van der Waals surface area contributed by atoms with Crippen molar-refractivity contribution >= 4 is 46.7 Å². The molecule has 0 aromatic heterocycles. The highest BCUT2D eigenvalue weighted by molar-refractivity contribution is 14.1. The van der Waals surface area contributed by atoms with Gasteiger partial charge in [-0.15, -0.1) is 0 Å². The van der Waals surface area contributed by atoms with E-state index in [1.807, 2.05) is 9.34 Å². The van der Waals surface area contributed by atoms with Gasteiger partial charge in [0.1, 0.15) is 0 Å². The van der Waals surface area contributed by atoms with Crippen molar-refractivity contribution < 1.29 is 14.4 Å². The first-order valence-corrected chi connectivity index (χ1v) is 11.9. The zero-order valence-corrected chi connectivity index (χ0v) is 18.9. The molecule has 26 heavy (non-hydrogen) atoms. The zero-order valence-electron chi connectivity index (χ0n) is 15.8. The summed E-state index contributed by atoms with van der Waals surface area (Å²) in [6, 6.07) is 0. The molecule has 3 rings (SSSR count). The van der Waals surface area contributed by atoms with E-state index < -0.39 is 8.37 Å². The van der Waals surface area contributed by atoms with Crippen molar-refractivity contribution in [3.8, 4) is 0 Å². The number of hydrogen-bond acceptors (Lipinski definition) is 4. The molecule has 3 saturated heterocycles. The minimum Gasteiger partial charge on any atom is -0.298 e. The Morgan fingerprint density at radius 1 is 0.769 bits per heavy atom. The van der Waals surface area contributed by atoms with E-state index in [0.29, 0.717) is 32.5 Å². The van der Waals surface area contributed by atoms with Crippen LogP contribution in [0.3, 0.4) is 0 Å². The third kappa shape index (κ3) is 5.52. The Bertz CT molecular complexity index is 490. The summed E-state index contributed by atoms with van der Waals surface area (Å²) in [7, 11) is -1.40. The lowest BCUT2D eigenvalue weighted by molar-refractivity contribution is -0.129. The van der Waals surface area contributed by atoms with Crippen molar-refractivity contribution in [2.45, 2.75) is 52.4 Å². The van der Waals surface area contributed by atoms with Gasteiger partial charge in [-0.1, -0.05) is 26.7 Å². The van der Waals surface area contributed by atoms with Crippen LogP contribution in [-0.2, 0) is 9.59 Å². The molecule has 0 unspecified atom stereocenters. The van der Waals surface area contributed by atoms with Gasteiger partial charge in [0.2, 0.25) is 20.2 Å². The molecule has 3 aliphatic heterocycles. The van der Waals surface area contributed by atoms with Gasteiger partial charge in [0, 0.05) is 74.7 Å². The van der Waals surface area contributed by atoms with Crippen molar-refractivity contribution in [2.24, 2.45) is 0 Å². The minimum atomic E-state index is -1.40. The quantitative estimate of drug-likeness (QED) is 0.245. The number of carbonyl (C=O) groups excluding carboxylic acids is 3. The van der Waals surface area contributed by atoms with Gasteiger partial charge in [-0.2, -0.15) is 0 Å². The third-order valence-corrected chi connectivity index (χ3v) is 8.29. The van der Waals surface area contributed by atoms with Crippen LogP contribution in [0.15, 0.2) is 0 Å². The van der Waals surface area contributed by atoms with E-state index in [-0.39, 0.29) is 15.7 Å². The maximum atomic E-state index is 12.9. The standard InChI is InChI=1S/C17H30IN4O3P/c1-3-5-7-15(23)20-12-9-19-10-13-21(16(24)8-6-4-2)26(20)22(14-11-19)17(18)25/h3-14H2,1-2H3. The first kappa shape index (κ1) is 21.8. The van der Waals surface area contributed by atoms with Gasteiger partial charge in [-0.05, 0) is 12.8 Å². The van der Waals surface area contributed by atoms with Crippen LogP contribution in [0.25, 0.3) is 0 Å². The summed E-state index contributed by atoms with van der Waals surface area (Å²) >= 11 is 1.79. The van der Waals surface area contributed by atoms with Gasteiger partial charge in [0.05, 0.1) is 0 Å². The molecule has 0 N–H and O–H groups in total. The minimum absolute atomic E-state index is 0.0673. The highest BCUT2D eigenvalue weighted by Crippen LogP contribution is 2.51. The van der Waals surface area contributed by atoms with Gasteiger partial charge in [0.25, 0.3) is 3.91 Å². The lowest BCUT2D eigenvalue weighted by atomic mass is 10.2. The third-order valence-electron chi connectivity index (χ3n) is 4.80. The maximum absolute atomic E-state index is 12.9. The SMILES string of the molecule is CCCCC(=O)N1CCN2CCN(C(=O)I)P1N(C(=O)CCCC)CC2. The summed E-state index contributed by atoms with van der Waals surface area (Å²) in [6.07, 6.45) is 4.55. The second kappa shape index (κ2) is 10.8. The number of halogens is 1. The fourth-order valence-electron chi connectivity index (χ4n) is 3.22. The highest BCUT2D eigenvalue weighted by atomic mass is 127. The highest BCUT2D eigenvalue weighted by Gasteiger charge is 2.42. The molecule has 0 aromatic carbocycles. The summed E-state index contributed by atoms with van der Waals surface area (Å²) in [5, 5.41) is 0. The molecule has 148 valence electrons.